The smallest absolute Gasteiger partial charge is 0.350 e. The summed E-state index contributed by atoms with van der Waals surface area (Å²) in [5, 5.41) is -0.0997. The van der Waals surface area contributed by atoms with E-state index in [0.717, 1.165) is 13.2 Å². The Bertz CT molecular complexity index is 738. The second-order valence-electron chi connectivity index (χ2n) is 3.87. The number of pyridine rings is 1. The van der Waals surface area contributed by atoms with Crippen LogP contribution in [0.5, 0.6) is 5.75 Å². The number of nitrogens with zero attached hydrogens (tertiary/aromatic N) is 1. The summed E-state index contributed by atoms with van der Waals surface area (Å²) in [5.74, 6) is -4.58. The maximum Gasteiger partial charge on any atom is 0.350 e. The fourth-order valence-corrected chi connectivity index (χ4v) is 1.90. The summed E-state index contributed by atoms with van der Waals surface area (Å²) in [4.78, 5) is 13.9. The number of ether oxygens (including phenoxy) is 1. The molecule has 1 aromatic carbocycles. The molecule has 0 amide bonds. The zero-order valence-electron chi connectivity index (χ0n) is 12.4. The van der Waals surface area contributed by atoms with E-state index in [-0.39, 0.29) is 11.1 Å². The molecule has 0 saturated carbocycles. The van der Waals surface area contributed by atoms with Gasteiger partial charge < -0.3 is 4.74 Å². The first-order valence-corrected chi connectivity index (χ1v) is 6.82. The fraction of sp³-hybridized carbons (Fsp3) is 0.200. The molecule has 124 valence electrons. The van der Waals surface area contributed by atoms with Crippen molar-refractivity contribution in [3.63, 3.8) is 0 Å². The summed E-state index contributed by atoms with van der Waals surface area (Å²) in [6.45, 7) is 4.00. The molecule has 0 aliphatic heterocycles. The predicted octanol–water partition coefficient (Wildman–Crippen LogP) is 4.96. The summed E-state index contributed by atoms with van der Waals surface area (Å²) in [6, 6.07) is 0.391. The fourth-order valence-electron chi connectivity index (χ4n) is 1.68. The molecule has 0 N–H and O–H groups in total. The zero-order valence-corrected chi connectivity index (χ0v) is 13.1. The van der Waals surface area contributed by atoms with Gasteiger partial charge in [0.25, 0.3) is 0 Å². The molecule has 2 aromatic rings. The number of hydrogen-bond donors (Lipinski definition) is 0. The van der Waals surface area contributed by atoms with Gasteiger partial charge in [0, 0.05) is 11.6 Å². The van der Waals surface area contributed by atoms with Crippen LogP contribution >= 0.6 is 11.6 Å². The van der Waals surface area contributed by atoms with Crippen LogP contribution in [0.25, 0.3) is 11.3 Å². The SMILES string of the molecule is CC.COc1c(Cl)ccc(-c2nc(C(=O)F)cc(F)c2F)c1F. The van der Waals surface area contributed by atoms with Crippen molar-refractivity contribution in [2.75, 3.05) is 7.11 Å². The van der Waals surface area contributed by atoms with Crippen LogP contribution in [0.4, 0.5) is 17.6 Å². The van der Waals surface area contributed by atoms with Crippen molar-refractivity contribution in [2.24, 2.45) is 0 Å². The lowest BCUT2D eigenvalue weighted by Crippen LogP contribution is -2.04. The molecule has 0 fully saturated rings. The van der Waals surface area contributed by atoms with Crippen molar-refractivity contribution in [2.45, 2.75) is 13.8 Å². The van der Waals surface area contributed by atoms with E-state index in [4.69, 9.17) is 16.3 Å². The van der Waals surface area contributed by atoms with Crippen LogP contribution in [0.3, 0.4) is 0 Å². The monoisotopic (exact) mass is 349 g/mol. The van der Waals surface area contributed by atoms with E-state index in [9.17, 15) is 22.4 Å². The molecule has 0 bridgehead atoms. The lowest BCUT2D eigenvalue weighted by molar-refractivity contribution is 0.0829. The molecule has 0 spiro atoms. The van der Waals surface area contributed by atoms with Crippen LogP contribution in [0, 0.1) is 17.5 Å². The average molecular weight is 350 g/mol. The number of methoxy groups -OCH3 is 1. The van der Waals surface area contributed by atoms with Gasteiger partial charge in [0.05, 0.1) is 12.1 Å². The van der Waals surface area contributed by atoms with E-state index in [2.05, 4.69) is 4.98 Å². The second-order valence-corrected chi connectivity index (χ2v) is 4.27. The number of hydrogen-bond acceptors (Lipinski definition) is 3. The lowest BCUT2D eigenvalue weighted by Gasteiger charge is -2.10. The van der Waals surface area contributed by atoms with Gasteiger partial charge in [0.1, 0.15) is 11.4 Å². The molecule has 0 aliphatic carbocycles. The van der Waals surface area contributed by atoms with Crippen molar-refractivity contribution in [1.29, 1.82) is 0 Å². The molecule has 1 heterocycles. The third-order valence-electron chi connectivity index (χ3n) is 2.62. The first kappa shape index (κ1) is 18.9. The number of benzene rings is 1. The highest BCUT2D eigenvalue weighted by atomic mass is 35.5. The molecule has 0 unspecified atom stereocenters. The van der Waals surface area contributed by atoms with Crippen LogP contribution in [0.2, 0.25) is 5.02 Å². The maximum atomic E-state index is 14.1. The Kier molecular flexibility index (Phi) is 6.50. The van der Waals surface area contributed by atoms with Crippen molar-refractivity contribution < 1.29 is 27.1 Å². The summed E-state index contributed by atoms with van der Waals surface area (Å²) >= 11 is 5.67. The summed E-state index contributed by atoms with van der Waals surface area (Å²) in [5.41, 5.74) is -2.35. The normalized spacial score (nSPS) is 9.91. The van der Waals surface area contributed by atoms with Crippen LogP contribution in [-0.2, 0) is 0 Å². The minimum atomic E-state index is -2.07. The third kappa shape index (κ3) is 3.79. The summed E-state index contributed by atoms with van der Waals surface area (Å²) in [6.07, 6.45) is 0. The van der Waals surface area contributed by atoms with Gasteiger partial charge in [-0.25, -0.2) is 18.2 Å². The highest BCUT2D eigenvalue weighted by molar-refractivity contribution is 6.32. The van der Waals surface area contributed by atoms with Crippen molar-refractivity contribution in [3.05, 3.63) is 46.4 Å². The Hall–Kier alpha value is -2.15. The van der Waals surface area contributed by atoms with Gasteiger partial charge in [-0.3, -0.25) is 4.79 Å². The Morgan fingerprint density at radius 2 is 1.78 bits per heavy atom. The summed E-state index contributed by atoms with van der Waals surface area (Å²) in [7, 11) is 1.12. The Balaban J connectivity index is 0.00000127. The molecule has 0 saturated heterocycles. The number of carbonyl (C=O) groups excluding carboxylic acids is 1. The molecule has 0 aliphatic rings. The number of aromatic nitrogens is 1. The number of rotatable bonds is 3. The van der Waals surface area contributed by atoms with Crippen molar-refractivity contribution in [3.8, 4) is 17.0 Å². The molecule has 0 radical (unpaired) electrons. The van der Waals surface area contributed by atoms with Gasteiger partial charge in [-0.2, -0.15) is 4.39 Å². The summed E-state index contributed by atoms with van der Waals surface area (Å²) < 4.78 is 58.6. The Labute approximate surface area is 134 Å². The van der Waals surface area contributed by atoms with E-state index in [1.54, 1.807) is 0 Å². The molecule has 8 heteroatoms. The van der Waals surface area contributed by atoms with Crippen LogP contribution in [0.15, 0.2) is 18.2 Å². The van der Waals surface area contributed by atoms with Gasteiger partial charge in [-0.1, -0.05) is 25.4 Å². The maximum absolute atomic E-state index is 14.1. The van der Waals surface area contributed by atoms with E-state index in [1.165, 1.54) is 6.07 Å². The largest absolute Gasteiger partial charge is 0.492 e. The van der Waals surface area contributed by atoms with Gasteiger partial charge in [-0.15, -0.1) is 0 Å². The third-order valence-corrected chi connectivity index (χ3v) is 2.92. The molecule has 2 rings (SSSR count). The topological polar surface area (TPSA) is 39.2 Å². The number of carbonyl (C=O) groups is 1. The first-order chi connectivity index (χ1) is 10.9. The Morgan fingerprint density at radius 1 is 1.17 bits per heavy atom. The zero-order chi connectivity index (χ0) is 17.7. The van der Waals surface area contributed by atoms with Crippen LogP contribution < -0.4 is 4.74 Å². The van der Waals surface area contributed by atoms with Gasteiger partial charge in [0.15, 0.2) is 23.2 Å². The predicted molar refractivity (Wildman–Crippen MR) is 77.9 cm³/mol. The van der Waals surface area contributed by atoms with Gasteiger partial charge in [-0.05, 0) is 12.1 Å². The van der Waals surface area contributed by atoms with E-state index < -0.39 is 46.2 Å². The average Bonchev–Trinajstić information content (AvgIpc) is 2.53. The second kappa shape index (κ2) is 7.92. The highest BCUT2D eigenvalue weighted by Gasteiger charge is 2.23. The van der Waals surface area contributed by atoms with Crippen LogP contribution in [0.1, 0.15) is 24.3 Å². The molecule has 3 nitrogen and oxygen atoms in total. The minimum Gasteiger partial charge on any atom is -0.492 e. The molecule has 0 atom stereocenters. The standard InChI is InChI=1S/C13H6ClF4NO2.C2H6/c1-21-12-6(14)3-2-5(9(12)16)11-10(17)7(15)4-8(19-11)13(18)20;1-2/h2-4H,1H3;1-2H3. The quantitative estimate of drug-likeness (QED) is 0.580. The lowest BCUT2D eigenvalue weighted by atomic mass is 10.1. The molecular weight excluding hydrogens is 338 g/mol. The van der Waals surface area contributed by atoms with E-state index in [0.29, 0.717) is 0 Å². The molecule has 23 heavy (non-hydrogen) atoms. The van der Waals surface area contributed by atoms with Crippen molar-refractivity contribution in [1.82, 2.24) is 4.98 Å². The highest BCUT2D eigenvalue weighted by Crippen LogP contribution is 2.35. The molecule has 1 aromatic heterocycles. The van der Waals surface area contributed by atoms with Gasteiger partial charge >= 0.3 is 6.04 Å². The van der Waals surface area contributed by atoms with Gasteiger partial charge in [0.2, 0.25) is 0 Å². The Morgan fingerprint density at radius 3 is 2.30 bits per heavy atom. The first-order valence-electron chi connectivity index (χ1n) is 6.45. The number of halogens is 5. The van der Waals surface area contributed by atoms with Crippen LogP contribution in [-0.4, -0.2) is 18.1 Å². The van der Waals surface area contributed by atoms with E-state index >= 15 is 0 Å². The minimum absolute atomic E-state index is 0.0997. The molecular formula is C15H12ClF4NO2. The van der Waals surface area contributed by atoms with Crippen molar-refractivity contribution >= 4 is 17.6 Å². The van der Waals surface area contributed by atoms with E-state index in [1.807, 2.05) is 13.8 Å².